The van der Waals surface area contributed by atoms with E-state index in [1.54, 1.807) is 60.9 Å². The van der Waals surface area contributed by atoms with Crippen LogP contribution in [-0.2, 0) is 11.3 Å². The zero-order valence-electron chi connectivity index (χ0n) is 16.5. The molecule has 0 bridgehead atoms. The van der Waals surface area contributed by atoms with E-state index in [9.17, 15) is 9.18 Å². The molecule has 0 saturated carbocycles. The van der Waals surface area contributed by atoms with Crippen LogP contribution in [0.5, 0.6) is 0 Å². The molecule has 0 atom stereocenters. The van der Waals surface area contributed by atoms with Crippen molar-refractivity contribution in [3.05, 3.63) is 83.4 Å². The Bertz CT molecular complexity index is 1240. The number of para-hydroxylation sites is 1. The van der Waals surface area contributed by atoms with Crippen molar-refractivity contribution < 1.29 is 13.7 Å². The summed E-state index contributed by atoms with van der Waals surface area (Å²) in [6, 6.07) is 15.1. The van der Waals surface area contributed by atoms with Crippen molar-refractivity contribution in [1.29, 1.82) is 0 Å². The second-order valence-corrected chi connectivity index (χ2v) is 7.17. The fourth-order valence-electron chi connectivity index (χ4n) is 3.33. The summed E-state index contributed by atoms with van der Waals surface area (Å²) in [5.41, 5.74) is 8.48. The van der Waals surface area contributed by atoms with Crippen molar-refractivity contribution in [2.24, 2.45) is 5.73 Å². The first-order valence-electron chi connectivity index (χ1n) is 9.45. The van der Waals surface area contributed by atoms with Crippen molar-refractivity contribution >= 4 is 29.1 Å². The van der Waals surface area contributed by atoms with E-state index in [1.807, 2.05) is 0 Å². The van der Waals surface area contributed by atoms with Gasteiger partial charge in [0.2, 0.25) is 11.8 Å². The number of pyridine rings is 1. The van der Waals surface area contributed by atoms with Gasteiger partial charge < -0.3 is 10.3 Å². The molecule has 1 amide bonds. The molecule has 2 N–H and O–H groups in total. The maximum atomic E-state index is 14.5. The zero-order chi connectivity index (χ0) is 22.0. The topological polar surface area (TPSA) is 85.2 Å². The number of anilines is 2. The van der Waals surface area contributed by atoms with Gasteiger partial charge in [-0.25, -0.2) is 9.29 Å². The van der Waals surface area contributed by atoms with E-state index >= 15 is 0 Å². The van der Waals surface area contributed by atoms with Gasteiger partial charge in [0.15, 0.2) is 0 Å². The summed E-state index contributed by atoms with van der Waals surface area (Å²) in [6.45, 7) is 1.48. The van der Waals surface area contributed by atoms with Crippen LogP contribution >= 0.6 is 11.6 Å². The third-order valence-corrected chi connectivity index (χ3v) is 5.12. The summed E-state index contributed by atoms with van der Waals surface area (Å²) < 4.78 is 20.1. The Morgan fingerprint density at radius 3 is 2.52 bits per heavy atom. The molecule has 0 aliphatic heterocycles. The smallest absolute Gasteiger partial charge is 0.247 e. The highest BCUT2D eigenvalue weighted by molar-refractivity contribution is 6.34. The molecule has 6 nitrogen and oxygen atoms in total. The van der Waals surface area contributed by atoms with Crippen LogP contribution in [0.25, 0.3) is 22.4 Å². The number of carbonyl (C=O) groups excluding carboxylic acids is 1. The standard InChI is InChI=1S/C23H18ClFN4O2/c1-14(30)29(20-5-3-2-4-18(20)24)23-21(15-8-10-27-11-9-15)22(28-31-23)16-6-7-17(13-26)19(25)12-16/h2-12H,13,26H2,1H3. The Morgan fingerprint density at radius 2 is 1.87 bits per heavy atom. The van der Waals surface area contributed by atoms with E-state index in [0.29, 0.717) is 38.7 Å². The fourth-order valence-corrected chi connectivity index (χ4v) is 3.55. The lowest BCUT2D eigenvalue weighted by molar-refractivity contribution is -0.116. The average molecular weight is 437 g/mol. The first-order valence-corrected chi connectivity index (χ1v) is 9.83. The van der Waals surface area contributed by atoms with Crippen LogP contribution in [0.1, 0.15) is 12.5 Å². The summed E-state index contributed by atoms with van der Waals surface area (Å²) in [5, 5.41) is 4.56. The lowest BCUT2D eigenvalue weighted by Crippen LogP contribution is -2.23. The van der Waals surface area contributed by atoms with Crippen LogP contribution < -0.4 is 10.6 Å². The number of carbonyl (C=O) groups is 1. The number of benzene rings is 2. The maximum absolute atomic E-state index is 14.5. The van der Waals surface area contributed by atoms with Gasteiger partial charge in [-0.1, -0.05) is 41.0 Å². The Morgan fingerprint density at radius 1 is 1.13 bits per heavy atom. The molecule has 0 fully saturated rings. The van der Waals surface area contributed by atoms with Gasteiger partial charge in [0, 0.05) is 37.0 Å². The van der Waals surface area contributed by atoms with Crippen molar-refractivity contribution in [3.63, 3.8) is 0 Å². The van der Waals surface area contributed by atoms with E-state index in [4.69, 9.17) is 21.9 Å². The average Bonchev–Trinajstić information content (AvgIpc) is 3.20. The first kappa shape index (κ1) is 20.7. The molecule has 0 saturated heterocycles. The quantitative estimate of drug-likeness (QED) is 0.456. The lowest BCUT2D eigenvalue weighted by atomic mass is 10.00. The van der Waals surface area contributed by atoms with Crippen molar-refractivity contribution in [2.75, 3.05) is 4.90 Å². The largest absolute Gasteiger partial charge is 0.337 e. The number of nitrogens with two attached hydrogens (primary N) is 1. The predicted octanol–water partition coefficient (Wildman–Crippen LogP) is 5.34. The Labute approximate surface area is 183 Å². The Hall–Kier alpha value is -3.55. The third kappa shape index (κ3) is 3.93. The van der Waals surface area contributed by atoms with Gasteiger partial charge in [-0.2, -0.15) is 0 Å². The van der Waals surface area contributed by atoms with Crippen LogP contribution in [0.3, 0.4) is 0 Å². The molecular weight excluding hydrogens is 419 g/mol. The van der Waals surface area contributed by atoms with Gasteiger partial charge in [0.1, 0.15) is 11.5 Å². The first-order chi connectivity index (χ1) is 15.0. The van der Waals surface area contributed by atoms with Gasteiger partial charge in [-0.05, 0) is 35.9 Å². The van der Waals surface area contributed by atoms with Gasteiger partial charge in [-0.15, -0.1) is 0 Å². The molecule has 31 heavy (non-hydrogen) atoms. The van der Waals surface area contributed by atoms with Crippen LogP contribution in [0.4, 0.5) is 16.0 Å². The highest BCUT2D eigenvalue weighted by atomic mass is 35.5. The third-order valence-electron chi connectivity index (χ3n) is 4.80. The number of rotatable bonds is 5. The summed E-state index contributed by atoms with van der Waals surface area (Å²) in [5.74, 6) is -0.597. The fraction of sp³-hybridized carbons (Fsp3) is 0.0870. The molecular formula is C23H18ClFN4O2. The van der Waals surface area contributed by atoms with Gasteiger partial charge >= 0.3 is 0 Å². The number of hydrogen-bond acceptors (Lipinski definition) is 5. The molecule has 2 heterocycles. The summed E-state index contributed by atoms with van der Waals surface area (Å²) in [4.78, 5) is 18.1. The Balaban J connectivity index is 1.97. The van der Waals surface area contributed by atoms with Gasteiger partial charge in [0.05, 0.1) is 16.3 Å². The van der Waals surface area contributed by atoms with E-state index < -0.39 is 5.82 Å². The SMILES string of the molecule is CC(=O)N(c1ccccc1Cl)c1onc(-c2ccc(CN)c(F)c2)c1-c1ccncc1. The zero-order valence-corrected chi connectivity index (χ0v) is 17.3. The summed E-state index contributed by atoms with van der Waals surface area (Å²) in [7, 11) is 0. The molecule has 0 unspecified atom stereocenters. The minimum Gasteiger partial charge on any atom is -0.337 e. The van der Waals surface area contributed by atoms with Crippen LogP contribution in [-0.4, -0.2) is 16.0 Å². The van der Waals surface area contributed by atoms with Crippen LogP contribution in [0.15, 0.2) is 71.5 Å². The van der Waals surface area contributed by atoms with E-state index in [-0.39, 0.29) is 18.3 Å². The van der Waals surface area contributed by atoms with Crippen LogP contribution in [0.2, 0.25) is 5.02 Å². The molecule has 0 aliphatic rings. The van der Waals surface area contributed by atoms with Gasteiger partial charge in [0.25, 0.3) is 0 Å². The molecule has 2 aromatic heterocycles. The van der Waals surface area contributed by atoms with E-state index in [0.717, 1.165) is 0 Å². The molecule has 156 valence electrons. The summed E-state index contributed by atoms with van der Waals surface area (Å²) >= 11 is 6.36. The van der Waals surface area contributed by atoms with E-state index in [1.165, 1.54) is 17.9 Å². The normalized spacial score (nSPS) is 10.8. The van der Waals surface area contributed by atoms with Crippen molar-refractivity contribution in [2.45, 2.75) is 13.5 Å². The lowest BCUT2D eigenvalue weighted by Gasteiger charge is -2.20. The van der Waals surface area contributed by atoms with Crippen LogP contribution in [0, 0.1) is 5.82 Å². The molecule has 4 aromatic rings. The minimum absolute atomic E-state index is 0.0814. The molecule has 8 heteroatoms. The van der Waals surface area contributed by atoms with Gasteiger partial charge in [-0.3, -0.25) is 9.78 Å². The van der Waals surface area contributed by atoms with Crippen molar-refractivity contribution in [1.82, 2.24) is 10.1 Å². The molecule has 2 aromatic carbocycles. The number of amides is 1. The molecule has 0 radical (unpaired) electrons. The monoisotopic (exact) mass is 436 g/mol. The Kier molecular flexibility index (Phi) is 5.79. The maximum Gasteiger partial charge on any atom is 0.247 e. The van der Waals surface area contributed by atoms with E-state index in [2.05, 4.69) is 10.1 Å². The highest BCUT2D eigenvalue weighted by Gasteiger charge is 2.29. The number of hydrogen-bond donors (Lipinski definition) is 1. The molecule has 0 spiro atoms. The molecule has 4 rings (SSSR count). The number of aromatic nitrogens is 2. The molecule has 0 aliphatic carbocycles. The summed E-state index contributed by atoms with van der Waals surface area (Å²) in [6.07, 6.45) is 3.23. The second kappa shape index (κ2) is 8.67. The highest BCUT2D eigenvalue weighted by Crippen LogP contribution is 2.43. The van der Waals surface area contributed by atoms with Crippen molar-refractivity contribution in [3.8, 4) is 22.4 Å². The number of halogens is 2. The second-order valence-electron chi connectivity index (χ2n) is 6.76. The predicted molar refractivity (Wildman–Crippen MR) is 117 cm³/mol. The minimum atomic E-state index is -0.445. The number of nitrogens with zero attached hydrogens (tertiary/aromatic N) is 3.